The van der Waals surface area contributed by atoms with Crippen LogP contribution in [0.5, 0.6) is 5.75 Å². The monoisotopic (exact) mass is 275 g/mol. The Hall–Kier alpha value is -1.35. The SMILES string of the molecule is NS(=O)(=O)N1CCOCC1.Nc1ccccc1O. The number of nitrogens with zero attached hydrogens (tertiary/aromatic N) is 1. The first-order chi connectivity index (χ1) is 8.41. The summed E-state index contributed by atoms with van der Waals surface area (Å²) in [4.78, 5) is 0. The van der Waals surface area contributed by atoms with Crippen molar-refractivity contribution in [2.45, 2.75) is 0 Å². The molecular formula is C10H17N3O4S. The van der Waals surface area contributed by atoms with Crippen molar-refractivity contribution in [2.75, 3.05) is 32.0 Å². The van der Waals surface area contributed by atoms with Crippen LogP contribution in [0.1, 0.15) is 0 Å². The molecule has 0 bridgehead atoms. The summed E-state index contributed by atoms with van der Waals surface area (Å²) in [6.07, 6.45) is 0. The first-order valence-corrected chi connectivity index (χ1v) is 6.80. The standard InChI is InChI=1S/C6H7NO.C4H10N2O3S/c7-5-3-1-2-4-6(5)8;5-10(7,8)6-1-3-9-4-2-6/h1-4,8H,7H2;1-4H2,(H2,5,7,8). The summed E-state index contributed by atoms with van der Waals surface area (Å²) >= 11 is 0. The minimum absolute atomic E-state index is 0.146. The number of morpholine rings is 1. The van der Waals surface area contributed by atoms with Crippen LogP contribution < -0.4 is 10.9 Å². The lowest BCUT2D eigenvalue weighted by atomic mass is 10.3. The number of phenols is 1. The summed E-state index contributed by atoms with van der Waals surface area (Å²) in [5.41, 5.74) is 5.69. The highest BCUT2D eigenvalue weighted by atomic mass is 32.2. The van der Waals surface area contributed by atoms with Gasteiger partial charge in [0.1, 0.15) is 5.75 Å². The maximum absolute atomic E-state index is 10.6. The third-order valence-electron chi connectivity index (χ3n) is 2.27. The Morgan fingerprint density at radius 1 is 1.22 bits per heavy atom. The van der Waals surface area contributed by atoms with Gasteiger partial charge in [0.15, 0.2) is 0 Å². The minimum atomic E-state index is -3.47. The van der Waals surface area contributed by atoms with Crippen LogP contribution >= 0.6 is 0 Å². The molecule has 5 N–H and O–H groups in total. The summed E-state index contributed by atoms with van der Waals surface area (Å²) in [7, 11) is -3.47. The van der Waals surface area contributed by atoms with Gasteiger partial charge in [-0.25, -0.2) is 5.14 Å². The number of ether oxygens (including phenoxy) is 1. The van der Waals surface area contributed by atoms with E-state index in [1.165, 1.54) is 4.31 Å². The molecule has 0 atom stereocenters. The number of nitrogens with two attached hydrogens (primary N) is 2. The zero-order valence-corrected chi connectivity index (χ0v) is 10.6. The molecule has 18 heavy (non-hydrogen) atoms. The van der Waals surface area contributed by atoms with Gasteiger partial charge in [-0.15, -0.1) is 0 Å². The van der Waals surface area contributed by atoms with Crippen LogP contribution in [0.4, 0.5) is 5.69 Å². The fraction of sp³-hybridized carbons (Fsp3) is 0.400. The molecule has 0 unspecified atom stereocenters. The lowest BCUT2D eigenvalue weighted by molar-refractivity contribution is 0.0730. The van der Waals surface area contributed by atoms with E-state index in [0.29, 0.717) is 32.0 Å². The lowest BCUT2D eigenvalue weighted by Crippen LogP contribution is -2.44. The molecule has 2 rings (SSSR count). The largest absolute Gasteiger partial charge is 0.506 e. The van der Waals surface area contributed by atoms with Gasteiger partial charge in [0.2, 0.25) is 0 Å². The topological polar surface area (TPSA) is 119 Å². The minimum Gasteiger partial charge on any atom is -0.506 e. The average molecular weight is 275 g/mol. The van der Waals surface area contributed by atoms with Crippen molar-refractivity contribution in [3.63, 3.8) is 0 Å². The zero-order valence-electron chi connectivity index (χ0n) is 9.82. The quantitative estimate of drug-likeness (QED) is 0.471. The van der Waals surface area contributed by atoms with E-state index in [4.69, 9.17) is 20.7 Å². The summed E-state index contributed by atoms with van der Waals surface area (Å²) in [5, 5.41) is 13.6. The van der Waals surface area contributed by atoms with Gasteiger partial charge in [-0.05, 0) is 12.1 Å². The summed E-state index contributed by atoms with van der Waals surface area (Å²) < 4.78 is 27.4. The zero-order chi connectivity index (χ0) is 13.6. The van der Waals surface area contributed by atoms with E-state index in [9.17, 15) is 8.42 Å². The van der Waals surface area contributed by atoms with Crippen molar-refractivity contribution in [1.29, 1.82) is 0 Å². The van der Waals surface area contributed by atoms with E-state index >= 15 is 0 Å². The Labute approximate surface area is 106 Å². The molecule has 7 nitrogen and oxygen atoms in total. The first kappa shape index (κ1) is 14.7. The third-order valence-corrected chi connectivity index (χ3v) is 3.35. The molecule has 1 heterocycles. The number of hydrogen-bond acceptors (Lipinski definition) is 5. The molecule has 1 fully saturated rings. The molecule has 1 aromatic rings. The number of hydrogen-bond donors (Lipinski definition) is 3. The van der Waals surface area contributed by atoms with Gasteiger partial charge in [0, 0.05) is 13.1 Å². The highest BCUT2D eigenvalue weighted by molar-refractivity contribution is 7.86. The summed E-state index contributed by atoms with van der Waals surface area (Å²) in [5.74, 6) is 0.146. The fourth-order valence-electron chi connectivity index (χ4n) is 1.29. The number of rotatable bonds is 1. The Morgan fingerprint density at radius 2 is 1.78 bits per heavy atom. The van der Waals surface area contributed by atoms with Crippen molar-refractivity contribution in [3.05, 3.63) is 24.3 Å². The van der Waals surface area contributed by atoms with Gasteiger partial charge in [-0.1, -0.05) is 12.1 Å². The lowest BCUT2D eigenvalue weighted by Gasteiger charge is -2.23. The molecule has 1 saturated heterocycles. The third kappa shape index (κ3) is 4.88. The highest BCUT2D eigenvalue weighted by Gasteiger charge is 2.19. The number of para-hydroxylation sites is 2. The normalized spacial score (nSPS) is 16.7. The molecule has 1 aliphatic rings. The molecule has 1 aromatic carbocycles. The molecule has 0 spiro atoms. The van der Waals surface area contributed by atoms with E-state index in [1.807, 2.05) is 0 Å². The second kappa shape index (κ2) is 6.55. The van der Waals surface area contributed by atoms with E-state index in [2.05, 4.69) is 0 Å². The van der Waals surface area contributed by atoms with Crippen molar-refractivity contribution in [3.8, 4) is 5.75 Å². The van der Waals surface area contributed by atoms with Crippen molar-refractivity contribution >= 4 is 15.9 Å². The maximum atomic E-state index is 10.6. The van der Waals surface area contributed by atoms with E-state index < -0.39 is 10.2 Å². The van der Waals surface area contributed by atoms with Gasteiger partial charge < -0.3 is 15.6 Å². The van der Waals surface area contributed by atoms with Crippen LogP contribution in [-0.2, 0) is 14.9 Å². The molecular weight excluding hydrogens is 258 g/mol. The molecule has 1 aliphatic heterocycles. The van der Waals surface area contributed by atoms with Gasteiger partial charge in [-0.3, -0.25) is 0 Å². The number of nitrogen functional groups attached to an aromatic ring is 1. The first-order valence-electron chi connectivity index (χ1n) is 5.30. The smallest absolute Gasteiger partial charge is 0.277 e. The van der Waals surface area contributed by atoms with Gasteiger partial charge in [0.25, 0.3) is 10.2 Å². The average Bonchev–Trinajstić information content (AvgIpc) is 2.34. The van der Waals surface area contributed by atoms with Gasteiger partial charge in [-0.2, -0.15) is 12.7 Å². The molecule has 0 amide bonds. The van der Waals surface area contributed by atoms with E-state index in [0.717, 1.165) is 0 Å². The fourth-order valence-corrected chi connectivity index (χ4v) is 1.95. The Morgan fingerprint density at radius 3 is 2.11 bits per heavy atom. The van der Waals surface area contributed by atoms with Crippen LogP contribution in [0.25, 0.3) is 0 Å². The molecule has 0 radical (unpaired) electrons. The Balaban J connectivity index is 0.000000184. The molecule has 8 heteroatoms. The Kier molecular flexibility index (Phi) is 5.35. The predicted molar refractivity (Wildman–Crippen MR) is 68.0 cm³/mol. The van der Waals surface area contributed by atoms with E-state index in [1.54, 1.807) is 24.3 Å². The molecule has 0 aliphatic carbocycles. The van der Waals surface area contributed by atoms with Gasteiger partial charge >= 0.3 is 0 Å². The summed E-state index contributed by atoms with van der Waals surface area (Å²) in [6.45, 7) is 1.63. The van der Waals surface area contributed by atoms with Crippen LogP contribution in [-0.4, -0.2) is 44.1 Å². The highest BCUT2D eigenvalue weighted by Crippen LogP contribution is 2.16. The van der Waals surface area contributed by atoms with E-state index in [-0.39, 0.29) is 5.75 Å². The molecule has 0 saturated carbocycles. The van der Waals surface area contributed by atoms with Crippen LogP contribution in [0.3, 0.4) is 0 Å². The summed E-state index contributed by atoms with van der Waals surface area (Å²) in [6, 6.07) is 6.70. The van der Waals surface area contributed by atoms with Crippen molar-refractivity contribution in [2.24, 2.45) is 5.14 Å². The number of benzene rings is 1. The van der Waals surface area contributed by atoms with Crippen LogP contribution in [0.15, 0.2) is 24.3 Å². The molecule has 102 valence electrons. The van der Waals surface area contributed by atoms with Crippen LogP contribution in [0, 0.1) is 0 Å². The molecule has 0 aromatic heterocycles. The Bertz CT molecular complexity index is 451. The number of anilines is 1. The second-order valence-corrected chi connectivity index (χ2v) is 5.16. The van der Waals surface area contributed by atoms with Crippen molar-refractivity contribution < 1.29 is 18.3 Å². The number of phenolic OH excluding ortho intramolecular Hbond substituents is 1. The van der Waals surface area contributed by atoms with Crippen molar-refractivity contribution in [1.82, 2.24) is 4.31 Å². The second-order valence-electron chi connectivity index (χ2n) is 3.62. The predicted octanol–water partition coefficient (Wildman–Crippen LogP) is -0.503. The maximum Gasteiger partial charge on any atom is 0.277 e. The van der Waals surface area contributed by atoms with Crippen LogP contribution in [0.2, 0.25) is 0 Å². The van der Waals surface area contributed by atoms with Gasteiger partial charge in [0.05, 0.1) is 18.9 Å². The number of aromatic hydroxyl groups is 1.